The predicted molar refractivity (Wildman–Crippen MR) is 110 cm³/mol. The maximum absolute atomic E-state index is 10.4. The van der Waals surface area contributed by atoms with Crippen LogP contribution in [0.4, 0.5) is 0 Å². The van der Waals surface area contributed by atoms with Crippen LogP contribution in [0.2, 0.25) is 0 Å². The Kier molecular flexibility index (Phi) is 9.10. The first-order chi connectivity index (χ1) is 12.5. The Morgan fingerprint density at radius 3 is 2.77 bits per heavy atom. The molecule has 2 rings (SSSR count). The summed E-state index contributed by atoms with van der Waals surface area (Å²) in [5, 5.41) is 20.5. The second-order valence-corrected chi connectivity index (χ2v) is 8.42. The van der Waals surface area contributed by atoms with Gasteiger partial charge in [-0.25, -0.2) is 0 Å². The number of rotatable bonds is 11. The molecule has 0 saturated heterocycles. The van der Waals surface area contributed by atoms with Crippen LogP contribution in [0.3, 0.4) is 0 Å². The molecule has 0 amide bonds. The molecule has 1 saturated carbocycles. The van der Waals surface area contributed by atoms with Crippen molar-refractivity contribution < 1.29 is 10.2 Å². The molecule has 2 aliphatic carbocycles. The molecule has 0 aromatic heterocycles. The zero-order chi connectivity index (χ0) is 18.9. The Hall–Kier alpha value is -0.900. The molecule has 3 nitrogen and oxygen atoms in total. The van der Waals surface area contributed by atoms with Crippen molar-refractivity contribution in [2.75, 3.05) is 20.6 Å². The lowest BCUT2D eigenvalue weighted by molar-refractivity contribution is 0.140. The summed E-state index contributed by atoms with van der Waals surface area (Å²) in [5.74, 6) is 1.28. The first-order valence-corrected chi connectivity index (χ1v) is 10.5. The molecule has 0 unspecified atom stereocenters. The van der Waals surface area contributed by atoms with E-state index in [4.69, 9.17) is 0 Å². The summed E-state index contributed by atoms with van der Waals surface area (Å²) in [6.45, 7) is 3.28. The van der Waals surface area contributed by atoms with Crippen LogP contribution < -0.4 is 0 Å². The number of allylic oxidation sites excluding steroid dienone is 3. The molecule has 0 spiro atoms. The number of aliphatic hydroxyl groups is 2. The van der Waals surface area contributed by atoms with Crippen LogP contribution in [-0.4, -0.2) is 48.0 Å². The molecule has 0 radical (unpaired) electrons. The highest BCUT2D eigenvalue weighted by molar-refractivity contribution is 5.21. The van der Waals surface area contributed by atoms with Gasteiger partial charge in [0.25, 0.3) is 0 Å². The van der Waals surface area contributed by atoms with Crippen LogP contribution in [0.1, 0.15) is 58.3 Å². The lowest BCUT2D eigenvalue weighted by Crippen LogP contribution is -2.18. The van der Waals surface area contributed by atoms with Crippen LogP contribution in [0, 0.1) is 17.8 Å². The monoisotopic (exact) mass is 361 g/mol. The average Bonchev–Trinajstić information content (AvgIpc) is 3.09. The van der Waals surface area contributed by atoms with E-state index in [2.05, 4.69) is 44.1 Å². The van der Waals surface area contributed by atoms with Crippen molar-refractivity contribution in [3.8, 4) is 0 Å². The minimum Gasteiger partial charge on any atom is -0.392 e. The van der Waals surface area contributed by atoms with E-state index in [0.717, 1.165) is 19.3 Å². The highest BCUT2D eigenvalue weighted by atomic mass is 16.3. The van der Waals surface area contributed by atoms with Gasteiger partial charge in [-0.05, 0) is 77.4 Å². The van der Waals surface area contributed by atoms with Crippen molar-refractivity contribution in [3.63, 3.8) is 0 Å². The Morgan fingerprint density at radius 2 is 2.04 bits per heavy atom. The zero-order valence-corrected chi connectivity index (χ0v) is 17.0. The van der Waals surface area contributed by atoms with Gasteiger partial charge >= 0.3 is 0 Å². The van der Waals surface area contributed by atoms with Gasteiger partial charge in [0.1, 0.15) is 0 Å². The van der Waals surface area contributed by atoms with Gasteiger partial charge in [-0.3, -0.25) is 0 Å². The molecule has 1 fully saturated rings. The van der Waals surface area contributed by atoms with Crippen molar-refractivity contribution in [2.45, 2.75) is 70.5 Å². The smallest absolute Gasteiger partial charge is 0.0755 e. The summed E-state index contributed by atoms with van der Waals surface area (Å²) in [6.07, 6.45) is 18.6. The van der Waals surface area contributed by atoms with Gasteiger partial charge in [-0.15, -0.1) is 0 Å². The summed E-state index contributed by atoms with van der Waals surface area (Å²) in [6, 6.07) is 0. The second-order valence-electron chi connectivity index (χ2n) is 8.42. The minimum absolute atomic E-state index is 0.201. The summed E-state index contributed by atoms with van der Waals surface area (Å²) < 4.78 is 0. The van der Waals surface area contributed by atoms with Gasteiger partial charge in [-0.2, -0.15) is 0 Å². The number of aliphatic hydroxyl groups excluding tert-OH is 2. The van der Waals surface area contributed by atoms with E-state index in [-0.39, 0.29) is 12.0 Å². The van der Waals surface area contributed by atoms with Crippen molar-refractivity contribution >= 4 is 0 Å². The van der Waals surface area contributed by atoms with Crippen molar-refractivity contribution in [1.29, 1.82) is 0 Å². The maximum atomic E-state index is 10.4. The Balaban J connectivity index is 1.76. The van der Waals surface area contributed by atoms with E-state index in [1.165, 1.54) is 32.2 Å². The SMILES string of the molecule is CC/C=C\C[C@@H](O)/C=C/[C@@H]1[C@H]2CC(CCCCCN(C)C)=C[C@H]2C[C@H]1O. The Labute approximate surface area is 160 Å². The molecular weight excluding hydrogens is 322 g/mol. The largest absolute Gasteiger partial charge is 0.392 e. The summed E-state index contributed by atoms with van der Waals surface area (Å²) in [4.78, 5) is 2.25. The lowest BCUT2D eigenvalue weighted by Gasteiger charge is -2.18. The van der Waals surface area contributed by atoms with Crippen molar-refractivity contribution in [1.82, 2.24) is 4.90 Å². The van der Waals surface area contributed by atoms with Crippen molar-refractivity contribution in [2.24, 2.45) is 17.8 Å². The van der Waals surface area contributed by atoms with E-state index >= 15 is 0 Å². The molecule has 148 valence electrons. The summed E-state index contributed by atoms with van der Waals surface area (Å²) in [5.41, 5.74) is 1.60. The molecule has 0 aromatic rings. The molecule has 2 N–H and O–H groups in total. The fourth-order valence-corrected chi connectivity index (χ4v) is 4.48. The molecule has 0 aromatic carbocycles. The molecule has 0 aliphatic heterocycles. The molecular formula is C23H39NO2. The third-order valence-electron chi connectivity index (χ3n) is 5.89. The van der Waals surface area contributed by atoms with Gasteiger partial charge in [0.15, 0.2) is 0 Å². The van der Waals surface area contributed by atoms with E-state index < -0.39 is 6.10 Å². The Morgan fingerprint density at radius 1 is 1.23 bits per heavy atom. The topological polar surface area (TPSA) is 43.7 Å². The average molecular weight is 362 g/mol. The molecule has 0 heterocycles. The van der Waals surface area contributed by atoms with Gasteiger partial charge < -0.3 is 15.1 Å². The van der Waals surface area contributed by atoms with E-state index in [1.54, 1.807) is 5.57 Å². The number of hydrogen-bond donors (Lipinski definition) is 2. The quantitative estimate of drug-likeness (QED) is 0.425. The highest BCUT2D eigenvalue weighted by Gasteiger charge is 2.43. The summed E-state index contributed by atoms with van der Waals surface area (Å²) in [7, 11) is 4.27. The third-order valence-corrected chi connectivity index (χ3v) is 5.89. The van der Waals surface area contributed by atoms with Crippen LogP contribution in [0.25, 0.3) is 0 Å². The van der Waals surface area contributed by atoms with E-state index in [0.29, 0.717) is 18.3 Å². The van der Waals surface area contributed by atoms with Gasteiger partial charge in [0, 0.05) is 5.92 Å². The third kappa shape index (κ3) is 6.68. The molecule has 0 bridgehead atoms. The lowest BCUT2D eigenvalue weighted by atomic mass is 9.88. The fourth-order valence-electron chi connectivity index (χ4n) is 4.48. The minimum atomic E-state index is -0.436. The van der Waals surface area contributed by atoms with Crippen LogP contribution in [-0.2, 0) is 0 Å². The maximum Gasteiger partial charge on any atom is 0.0755 e. The summed E-state index contributed by atoms with van der Waals surface area (Å²) >= 11 is 0. The molecule has 26 heavy (non-hydrogen) atoms. The van der Waals surface area contributed by atoms with Gasteiger partial charge in [0.05, 0.1) is 12.2 Å². The fraction of sp³-hybridized carbons (Fsp3) is 0.739. The van der Waals surface area contributed by atoms with Gasteiger partial charge in [-0.1, -0.05) is 49.3 Å². The number of unbranched alkanes of at least 4 members (excludes halogenated alkanes) is 2. The Bertz CT molecular complexity index is 494. The van der Waals surface area contributed by atoms with Crippen LogP contribution in [0.15, 0.2) is 36.0 Å². The number of nitrogens with zero attached hydrogens (tertiary/aromatic N) is 1. The number of hydrogen-bond acceptors (Lipinski definition) is 3. The molecule has 2 aliphatic rings. The molecule has 5 atom stereocenters. The molecule has 3 heteroatoms. The normalized spacial score (nSPS) is 29.8. The van der Waals surface area contributed by atoms with Crippen molar-refractivity contribution in [3.05, 3.63) is 36.0 Å². The number of fused-ring (bicyclic) bond motifs is 1. The van der Waals surface area contributed by atoms with Gasteiger partial charge in [0.2, 0.25) is 0 Å². The highest BCUT2D eigenvalue weighted by Crippen LogP contribution is 2.48. The second kappa shape index (κ2) is 11.1. The zero-order valence-electron chi connectivity index (χ0n) is 17.0. The van der Waals surface area contributed by atoms with Crippen LogP contribution >= 0.6 is 0 Å². The standard InChI is InChI=1S/C23H39NO2/c1-4-5-7-11-20(25)12-13-21-22-16-18(15-19(22)17-23(21)26)10-8-6-9-14-24(2)3/h5,7,12-13,15,19-23,25-26H,4,6,8-11,14,16-17H2,1-3H3/b7-5-,13-12+/t19-,20+,21+,22-,23+/m0/s1. The first-order valence-electron chi connectivity index (χ1n) is 10.5. The van der Waals surface area contributed by atoms with Crippen LogP contribution in [0.5, 0.6) is 0 Å². The van der Waals surface area contributed by atoms with E-state index in [9.17, 15) is 10.2 Å². The van der Waals surface area contributed by atoms with E-state index in [1.807, 2.05) is 12.2 Å². The predicted octanol–water partition coefficient (Wildman–Crippen LogP) is 4.33. The first kappa shape index (κ1) is 21.4.